The first kappa shape index (κ1) is 30.2. The lowest BCUT2D eigenvalue weighted by Crippen LogP contribution is -2.47. The minimum Gasteiger partial charge on any atom is -0.497 e. The number of nitrogens with zero attached hydrogens (tertiary/aromatic N) is 2. The lowest BCUT2D eigenvalue weighted by atomic mass is 9.99. The van der Waals surface area contributed by atoms with Gasteiger partial charge in [-0.05, 0) is 76.6 Å². The Balaban J connectivity index is 2.30. The van der Waals surface area contributed by atoms with Crippen LogP contribution < -0.4 is 9.47 Å². The fourth-order valence-electron chi connectivity index (χ4n) is 3.68. The van der Waals surface area contributed by atoms with Crippen LogP contribution in [0.1, 0.15) is 51.8 Å². The van der Waals surface area contributed by atoms with Crippen LogP contribution in [0.4, 0.5) is 9.18 Å². The van der Waals surface area contributed by atoms with Crippen LogP contribution in [0.3, 0.4) is 0 Å². The zero-order valence-corrected chi connectivity index (χ0v) is 23.1. The number of likely N-dealkylation sites (N-methyl/N-ethyl adjacent to an activating group) is 1. The minimum atomic E-state index is -1.06. The normalized spacial score (nSPS) is 13.1. The predicted octanol–water partition coefficient (Wildman–Crippen LogP) is 5.77. The summed E-state index contributed by atoms with van der Waals surface area (Å²) in [7, 11) is 3.16. The van der Waals surface area contributed by atoms with Crippen LogP contribution in [-0.2, 0) is 16.1 Å². The summed E-state index contributed by atoms with van der Waals surface area (Å²) in [4.78, 5) is 27.3. The van der Waals surface area contributed by atoms with Crippen LogP contribution in [0.5, 0.6) is 11.5 Å². The average Bonchev–Trinajstić information content (AvgIpc) is 2.80. The molecule has 0 spiro atoms. The quantitative estimate of drug-likeness (QED) is 0.388. The van der Waals surface area contributed by atoms with Gasteiger partial charge in [0.1, 0.15) is 29.5 Å². The Labute approximate surface area is 222 Å². The second kappa shape index (κ2) is 13.0. The van der Waals surface area contributed by atoms with Crippen molar-refractivity contribution in [3.8, 4) is 11.5 Å². The third kappa shape index (κ3) is 9.09. The molecule has 1 unspecified atom stereocenters. The van der Waals surface area contributed by atoms with Gasteiger partial charge in [0.15, 0.2) is 0 Å². The van der Waals surface area contributed by atoms with Crippen molar-refractivity contribution in [3.05, 3.63) is 58.4 Å². The summed E-state index contributed by atoms with van der Waals surface area (Å²) in [5.74, 6) is -0.363. The molecule has 0 radical (unpaired) electrons. The van der Waals surface area contributed by atoms with Gasteiger partial charge in [0.05, 0.1) is 18.7 Å². The van der Waals surface area contributed by atoms with E-state index in [9.17, 15) is 19.1 Å². The Kier molecular flexibility index (Phi) is 10.6. The van der Waals surface area contributed by atoms with E-state index in [2.05, 4.69) is 0 Å². The van der Waals surface area contributed by atoms with Crippen LogP contribution in [0, 0.1) is 5.82 Å². The number of rotatable bonds is 11. The van der Waals surface area contributed by atoms with Crippen molar-refractivity contribution in [2.45, 2.75) is 58.9 Å². The number of methoxy groups -OCH3 is 1. The smallest absolute Gasteiger partial charge is 0.410 e. The molecule has 1 amide bonds. The highest BCUT2D eigenvalue weighted by molar-refractivity contribution is 6.31. The van der Waals surface area contributed by atoms with Crippen LogP contribution >= 0.6 is 11.6 Å². The molecular weight excluding hydrogens is 503 g/mol. The molecule has 0 saturated carbocycles. The van der Waals surface area contributed by atoms with E-state index in [1.54, 1.807) is 77.9 Å². The molecule has 0 aromatic heterocycles. The number of halogens is 2. The summed E-state index contributed by atoms with van der Waals surface area (Å²) < 4.78 is 30.9. The fraction of sp³-hybridized carbons (Fsp3) is 0.481. The molecule has 0 aliphatic carbocycles. The third-order valence-corrected chi connectivity index (χ3v) is 6.15. The highest BCUT2D eigenvalue weighted by atomic mass is 35.5. The number of carbonyl (C=O) groups is 2. The molecule has 37 heavy (non-hydrogen) atoms. The summed E-state index contributed by atoms with van der Waals surface area (Å²) in [6.07, 6.45) is -0.523. The van der Waals surface area contributed by atoms with Crippen molar-refractivity contribution in [1.29, 1.82) is 0 Å². The standard InChI is InChI=1S/C27H36ClFN2O6/c1-17(30(6)26(34)37-27(3,4)5)14-31(15-25(32)33)18(2)22-12-19(29)13-24(28)23(22)16-36-21-10-8-20(35-7)9-11-21/h8-13,17-18H,14-16H2,1-7H3,(H,32,33)/t17?,18-/m0/s1. The number of carboxylic acid groups (broad SMARTS) is 1. The van der Waals surface area contributed by atoms with Crippen molar-refractivity contribution < 1.29 is 33.3 Å². The van der Waals surface area contributed by atoms with Crippen molar-refractivity contribution in [1.82, 2.24) is 9.80 Å². The number of carbonyl (C=O) groups excluding carboxylic acids is 1. The van der Waals surface area contributed by atoms with E-state index in [-0.39, 0.29) is 24.7 Å². The van der Waals surface area contributed by atoms with Gasteiger partial charge in [0.25, 0.3) is 0 Å². The Bertz CT molecular complexity index is 1070. The predicted molar refractivity (Wildman–Crippen MR) is 140 cm³/mol. The summed E-state index contributed by atoms with van der Waals surface area (Å²) >= 11 is 6.42. The van der Waals surface area contributed by atoms with Gasteiger partial charge in [-0.2, -0.15) is 0 Å². The highest BCUT2D eigenvalue weighted by Gasteiger charge is 2.28. The van der Waals surface area contributed by atoms with Gasteiger partial charge in [0.2, 0.25) is 0 Å². The molecule has 0 fully saturated rings. The number of amides is 1. The second-order valence-corrected chi connectivity index (χ2v) is 10.3. The molecule has 0 saturated heterocycles. The second-order valence-electron chi connectivity index (χ2n) is 9.86. The van der Waals surface area contributed by atoms with Crippen molar-refractivity contribution in [2.75, 3.05) is 27.2 Å². The first-order valence-corrected chi connectivity index (χ1v) is 12.3. The first-order valence-electron chi connectivity index (χ1n) is 11.9. The summed E-state index contributed by atoms with van der Waals surface area (Å²) in [5.41, 5.74) is 0.359. The van der Waals surface area contributed by atoms with Crippen molar-refractivity contribution >= 4 is 23.7 Å². The molecule has 2 aromatic rings. The van der Waals surface area contributed by atoms with Gasteiger partial charge in [0, 0.05) is 31.2 Å². The zero-order chi connectivity index (χ0) is 27.9. The molecule has 0 bridgehead atoms. The molecule has 1 N–H and O–H groups in total. The summed E-state index contributed by atoms with van der Waals surface area (Å²) in [5, 5.41) is 9.76. The van der Waals surface area contributed by atoms with Crippen LogP contribution in [0.25, 0.3) is 0 Å². The molecule has 10 heteroatoms. The lowest BCUT2D eigenvalue weighted by molar-refractivity contribution is -0.139. The van der Waals surface area contributed by atoms with E-state index >= 15 is 0 Å². The van der Waals surface area contributed by atoms with Crippen LogP contribution in [0.2, 0.25) is 5.02 Å². The number of carboxylic acids is 1. The molecule has 0 heterocycles. The minimum absolute atomic E-state index is 0.0411. The first-order chi connectivity index (χ1) is 17.2. The number of hydrogen-bond acceptors (Lipinski definition) is 6. The zero-order valence-electron chi connectivity index (χ0n) is 22.4. The molecule has 204 valence electrons. The van der Waals surface area contributed by atoms with Gasteiger partial charge >= 0.3 is 12.1 Å². The third-order valence-electron chi connectivity index (χ3n) is 5.81. The van der Waals surface area contributed by atoms with Gasteiger partial charge in [-0.15, -0.1) is 0 Å². The Hall–Kier alpha value is -3.04. The van der Waals surface area contributed by atoms with E-state index in [4.69, 9.17) is 25.8 Å². The molecule has 0 aliphatic rings. The van der Waals surface area contributed by atoms with E-state index in [0.29, 0.717) is 22.6 Å². The van der Waals surface area contributed by atoms with Gasteiger partial charge in [-0.25, -0.2) is 9.18 Å². The molecule has 2 rings (SSSR count). The van der Waals surface area contributed by atoms with Crippen LogP contribution in [0.15, 0.2) is 36.4 Å². The van der Waals surface area contributed by atoms with Crippen molar-refractivity contribution in [2.24, 2.45) is 0 Å². The van der Waals surface area contributed by atoms with Gasteiger partial charge < -0.3 is 24.2 Å². The highest BCUT2D eigenvalue weighted by Crippen LogP contribution is 2.32. The molecule has 8 nitrogen and oxygen atoms in total. The van der Waals surface area contributed by atoms with E-state index < -0.39 is 35.6 Å². The number of aliphatic carboxylic acids is 1. The van der Waals surface area contributed by atoms with Crippen molar-refractivity contribution in [3.63, 3.8) is 0 Å². The molecule has 2 atom stereocenters. The number of ether oxygens (including phenoxy) is 3. The Morgan fingerprint density at radius 3 is 2.24 bits per heavy atom. The van der Waals surface area contributed by atoms with E-state index in [0.717, 1.165) is 0 Å². The van der Waals surface area contributed by atoms with Crippen LogP contribution in [-0.4, -0.2) is 65.9 Å². The molecule has 0 aliphatic heterocycles. The van der Waals surface area contributed by atoms with Gasteiger partial charge in [-0.3, -0.25) is 9.69 Å². The summed E-state index contributed by atoms with van der Waals surface area (Å²) in [6, 6.07) is 8.55. The fourth-order valence-corrected chi connectivity index (χ4v) is 3.95. The maximum atomic E-state index is 14.5. The SMILES string of the molecule is COc1ccc(OCc2c(Cl)cc(F)cc2[C@H](C)N(CC(=O)O)CC(C)N(C)C(=O)OC(C)(C)C)cc1. The molecule has 2 aromatic carbocycles. The number of benzene rings is 2. The molecular formula is C27H36ClFN2O6. The summed E-state index contributed by atoms with van der Waals surface area (Å²) in [6.45, 7) is 8.77. The topological polar surface area (TPSA) is 88.5 Å². The average molecular weight is 539 g/mol. The lowest BCUT2D eigenvalue weighted by Gasteiger charge is -2.35. The van der Waals surface area contributed by atoms with Gasteiger partial charge in [-0.1, -0.05) is 11.6 Å². The van der Waals surface area contributed by atoms with E-state index in [1.165, 1.54) is 17.0 Å². The number of hydrogen-bond donors (Lipinski definition) is 1. The Morgan fingerprint density at radius 2 is 1.70 bits per heavy atom. The maximum absolute atomic E-state index is 14.5. The monoisotopic (exact) mass is 538 g/mol. The van der Waals surface area contributed by atoms with E-state index in [1.807, 2.05) is 0 Å². The largest absolute Gasteiger partial charge is 0.497 e. The maximum Gasteiger partial charge on any atom is 0.410 e. The Morgan fingerprint density at radius 1 is 1.11 bits per heavy atom.